The largest absolute Gasteiger partial charge is 0.462 e. The van der Waals surface area contributed by atoms with E-state index < -0.39 is 49.4 Å². The Morgan fingerprint density at radius 1 is 0.500 bits per heavy atom. The maximum absolute atomic E-state index is 12.8. The number of rotatable bonds is 44. The third-order valence-corrected chi connectivity index (χ3v) is 12.0. The lowest BCUT2D eigenvalue weighted by Crippen LogP contribution is -2.59. The molecule has 6 unspecified atom stereocenters. The van der Waals surface area contributed by atoms with Gasteiger partial charge in [0, 0.05) is 12.8 Å². The highest BCUT2D eigenvalue weighted by Crippen LogP contribution is 2.23. The van der Waals surface area contributed by atoms with Crippen molar-refractivity contribution in [3.05, 3.63) is 48.6 Å². The number of aliphatic hydroxyl groups excluding tert-OH is 4. The van der Waals surface area contributed by atoms with Crippen molar-refractivity contribution in [1.29, 1.82) is 0 Å². The Bertz CT molecular complexity index is 1180. The first kappa shape index (κ1) is 59.7. The zero-order valence-electron chi connectivity index (χ0n) is 40.8. The van der Waals surface area contributed by atoms with E-state index in [1.165, 1.54) is 109 Å². The topological polar surface area (TPSA) is 152 Å². The molecule has 0 aliphatic carbocycles. The molecule has 0 aromatic rings. The summed E-state index contributed by atoms with van der Waals surface area (Å²) in [5, 5.41) is 40.2. The normalized spacial score (nSPS) is 19.8. The maximum atomic E-state index is 12.8. The molecule has 0 amide bonds. The van der Waals surface area contributed by atoms with Crippen LogP contribution in [0.15, 0.2) is 48.6 Å². The number of carbonyl (C=O) groups excluding carboxylic acids is 2. The fourth-order valence-corrected chi connectivity index (χ4v) is 7.89. The summed E-state index contributed by atoms with van der Waals surface area (Å²) in [6, 6.07) is 0. The first-order chi connectivity index (χ1) is 31.3. The molecule has 1 aliphatic heterocycles. The van der Waals surface area contributed by atoms with Gasteiger partial charge in [-0.3, -0.25) is 9.59 Å². The van der Waals surface area contributed by atoms with Gasteiger partial charge in [-0.2, -0.15) is 0 Å². The second kappa shape index (κ2) is 44.5. The number of ether oxygens (including phenoxy) is 4. The lowest BCUT2D eigenvalue weighted by atomic mass is 9.99. The molecule has 10 nitrogen and oxygen atoms in total. The van der Waals surface area contributed by atoms with Gasteiger partial charge < -0.3 is 39.4 Å². The van der Waals surface area contributed by atoms with Crippen LogP contribution < -0.4 is 0 Å². The molecule has 1 fully saturated rings. The first-order valence-corrected chi connectivity index (χ1v) is 26.2. The van der Waals surface area contributed by atoms with Crippen LogP contribution in [0, 0.1) is 0 Å². The van der Waals surface area contributed by atoms with Gasteiger partial charge in [0.1, 0.15) is 31.0 Å². The number of carbonyl (C=O) groups is 2. The van der Waals surface area contributed by atoms with Crippen LogP contribution in [-0.2, 0) is 28.5 Å². The smallest absolute Gasteiger partial charge is 0.306 e. The molecular weight excluding hydrogens is 809 g/mol. The van der Waals surface area contributed by atoms with E-state index in [0.717, 1.165) is 83.5 Å². The summed E-state index contributed by atoms with van der Waals surface area (Å²) in [6.45, 7) is 3.33. The van der Waals surface area contributed by atoms with Crippen molar-refractivity contribution in [2.75, 3.05) is 19.8 Å². The van der Waals surface area contributed by atoms with Gasteiger partial charge in [-0.25, -0.2) is 0 Å². The van der Waals surface area contributed by atoms with Crippen molar-refractivity contribution in [3.8, 4) is 0 Å². The maximum Gasteiger partial charge on any atom is 0.306 e. The monoisotopic (exact) mass is 905 g/mol. The van der Waals surface area contributed by atoms with Crippen molar-refractivity contribution in [2.45, 2.75) is 263 Å². The van der Waals surface area contributed by atoms with E-state index in [9.17, 15) is 30.0 Å². The molecule has 0 saturated carbocycles. The van der Waals surface area contributed by atoms with E-state index in [1.54, 1.807) is 0 Å². The predicted octanol–water partition coefficient (Wildman–Crippen LogP) is 12.4. The van der Waals surface area contributed by atoms with Gasteiger partial charge in [0.25, 0.3) is 0 Å². The van der Waals surface area contributed by atoms with Crippen molar-refractivity contribution >= 4 is 11.9 Å². The molecule has 10 heteroatoms. The molecular formula is C54H96O10. The van der Waals surface area contributed by atoms with Gasteiger partial charge in [-0.1, -0.05) is 210 Å². The molecule has 1 aliphatic rings. The van der Waals surface area contributed by atoms with Gasteiger partial charge in [-0.05, 0) is 51.4 Å². The Hall–Kier alpha value is -2.34. The highest BCUT2D eigenvalue weighted by Gasteiger charge is 2.44. The zero-order chi connectivity index (χ0) is 46.6. The van der Waals surface area contributed by atoms with E-state index in [2.05, 4.69) is 62.5 Å². The Morgan fingerprint density at radius 3 is 1.39 bits per heavy atom. The van der Waals surface area contributed by atoms with E-state index in [1.807, 2.05) is 0 Å². The molecule has 0 aromatic carbocycles. The van der Waals surface area contributed by atoms with Gasteiger partial charge >= 0.3 is 11.9 Å². The van der Waals surface area contributed by atoms with Crippen LogP contribution in [0.3, 0.4) is 0 Å². The summed E-state index contributed by atoms with van der Waals surface area (Å²) < 4.78 is 22.3. The fraction of sp³-hybridized carbons (Fsp3) is 0.815. The van der Waals surface area contributed by atoms with Crippen LogP contribution in [0.1, 0.15) is 226 Å². The number of esters is 2. The Morgan fingerprint density at radius 2 is 0.922 bits per heavy atom. The molecule has 1 saturated heterocycles. The molecule has 1 rings (SSSR count). The van der Waals surface area contributed by atoms with Gasteiger partial charge in [0.05, 0.1) is 13.2 Å². The third kappa shape index (κ3) is 34.9. The zero-order valence-corrected chi connectivity index (χ0v) is 40.8. The van der Waals surface area contributed by atoms with Crippen molar-refractivity contribution in [2.24, 2.45) is 0 Å². The van der Waals surface area contributed by atoms with Gasteiger partial charge in [0.2, 0.25) is 0 Å². The van der Waals surface area contributed by atoms with Crippen LogP contribution in [0.4, 0.5) is 0 Å². The number of allylic oxidation sites excluding steroid dienone is 8. The molecule has 0 aromatic heterocycles. The van der Waals surface area contributed by atoms with Crippen LogP contribution in [0.25, 0.3) is 0 Å². The Labute approximate surface area is 390 Å². The van der Waals surface area contributed by atoms with Crippen LogP contribution in [0.5, 0.6) is 0 Å². The van der Waals surface area contributed by atoms with E-state index in [-0.39, 0.29) is 32.0 Å². The second-order valence-corrected chi connectivity index (χ2v) is 18.0. The molecule has 372 valence electrons. The summed E-state index contributed by atoms with van der Waals surface area (Å²) in [6.07, 6.45) is 46.9. The standard InChI is InChI=1S/C54H96O10/c1-3-5-7-9-11-13-15-17-19-21-23-25-26-28-30-32-34-36-38-40-42-49(56)61-45-47(46-62-54-53(60)52(59)51(58)48(44-55)64-54)63-50(57)43-41-39-37-35-33-31-29-27-24-22-20-18-16-14-12-10-8-6-4-2/h6,8,12,14,18,20,24,27,47-48,51-55,58-60H,3-5,7,9-11,13,15-17,19,21-23,25-26,28-46H2,1-2H3/b8-6-,14-12-,20-18-,27-24-. The van der Waals surface area contributed by atoms with E-state index in [0.29, 0.717) is 6.42 Å². The fourth-order valence-electron chi connectivity index (χ4n) is 7.89. The minimum atomic E-state index is -1.60. The minimum Gasteiger partial charge on any atom is -0.462 e. The highest BCUT2D eigenvalue weighted by atomic mass is 16.7. The number of unbranched alkanes of at least 4 members (excludes halogenated alkanes) is 25. The quantitative estimate of drug-likeness (QED) is 0.0264. The predicted molar refractivity (Wildman–Crippen MR) is 261 cm³/mol. The number of aliphatic hydroxyl groups is 4. The van der Waals surface area contributed by atoms with Gasteiger partial charge in [-0.15, -0.1) is 0 Å². The van der Waals surface area contributed by atoms with E-state index >= 15 is 0 Å². The molecule has 1 heterocycles. The van der Waals surface area contributed by atoms with Crippen molar-refractivity contribution in [1.82, 2.24) is 0 Å². The van der Waals surface area contributed by atoms with Crippen molar-refractivity contribution in [3.63, 3.8) is 0 Å². The average Bonchev–Trinajstić information content (AvgIpc) is 3.29. The Balaban J connectivity index is 2.26. The van der Waals surface area contributed by atoms with Gasteiger partial charge in [0.15, 0.2) is 12.4 Å². The molecule has 0 spiro atoms. The summed E-state index contributed by atoms with van der Waals surface area (Å²) in [7, 11) is 0. The molecule has 0 radical (unpaired) electrons. The van der Waals surface area contributed by atoms with Crippen molar-refractivity contribution < 1.29 is 49.0 Å². The summed E-state index contributed by atoms with van der Waals surface area (Å²) in [5.41, 5.74) is 0. The molecule has 4 N–H and O–H groups in total. The number of hydrogen-bond donors (Lipinski definition) is 4. The minimum absolute atomic E-state index is 0.214. The summed E-state index contributed by atoms with van der Waals surface area (Å²) >= 11 is 0. The second-order valence-electron chi connectivity index (χ2n) is 18.0. The first-order valence-electron chi connectivity index (χ1n) is 26.2. The molecule has 6 atom stereocenters. The summed E-state index contributed by atoms with van der Waals surface area (Å²) in [4.78, 5) is 25.5. The molecule has 0 bridgehead atoms. The highest BCUT2D eigenvalue weighted by molar-refractivity contribution is 5.70. The Kier molecular flexibility index (Phi) is 41.5. The lowest BCUT2D eigenvalue weighted by molar-refractivity contribution is -0.305. The number of hydrogen-bond acceptors (Lipinski definition) is 10. The van der Waals surface area contributed by atoms with Crippen LogP contribution in [0.2, 0.25) is 0 Å². The third-order valence-electron chi connectivity index (χ3n) is 12.0. The van der Waals surface area contributed by atoms with Crippen LogP contribution in [-0.4, -0.2) is 89.0 Å². The van der Waals surface area contributed by atoms with Crippen LogP contribution >= 0.6 is 0 Å². The molecule has 64 heavy (non-hydrogen) atoms. The van der Waals surface area contributed by atoms with E-state index in [4.69, 9.17) is 18.9 Å². The average molecular weight is 905 g/mol. The summed E-state index contributed by atoms with van der Waals surface area (Å²) in [5.74, 6) is -0.815. The SMILES string of the molecule is CC/C=C\C/C=C\C/C=C\C/C=C\CCCCCCCCC(=O)OC(COC(=O)CCCCCCCCCCCCCCCCCCCCCC)COC1OC(CO)C(O)C(O)C1O. The lowest BCUT2D eigenvalue weighted by Gasteiger charge is -2.39.